The highest BCUT2D eigenvalue weighted by Crippen LogP contribution is 2.28. The Kier molecular flexibility index (Phi) is 5.67. The zero-order chi connectivity index (χ0) is 18.7. The predicted octanol–water partition coefficient (Wildman–Crippen LogP) is 3.07. The average molecular weight is 436 g/mol. The summed E-state index contributed by atoms with van der Waals surface area (Å²) in [5.74, 6) is 8.38. The lowest BCUT2D eigenvalue weighted by molar-refractivity contribution is -0.127. The van der Waals surface area contributed by atoms with Crippen molar-refractivity contribution in [1.82, 2.24) is 19.8 Å². The molecule has 0 unspecified atom stereocenters. The van der Waals surface area contributed by atoms with E-state index in [9.17, 15) is 4.79 Å². The van der Waals surface area contributed by atoms with Crippen LogP contribution in [0.25, 0.3) is 11.4 Å². The van der Waals surface area contributed by atoms with E-state index >= 15 is 0 Å². The van der Waals surface area contributed by atoms with E-state index in [4.69, 9.17) is 10.3 Å². The first-order chi connectivity index (χ1) is 12.5. The highest BCUT2D eigenvalue weighted by atomic mass is 79.9. The van der Waals surface area contributed by atoms with Crippen LogP contribution in [0.15, 0.2) is 50.4 Å². The summed E-state index contributed by atoms with van der Waals surface area (Å²) >= 11 is 4.73. The van der Waals surface area contributed by atoms with Crippen molar-refractivity contribution in [2.75, 3.05) is 18.6 Å². The highest BCUT2D eigenvalue weighted by Gasteiger charge is 2.17. The van der Waals surface area contributed by atoms with E-state index in [-0.39, 0.29) is 11.7 Å². The third-order valence-corrected chi connectivity index (χ3v) is 5.34. The second-order valence-corrected chi connectivity index (χ2v) is 7.50. The number of benzene rings is 1. The first kappa shape index (κ1) is 18.5. The van der Waals surface area contributed by atoms with Gasteiger partial charge in [0.2, 0.25) is 11.1 Å². The van der Waals surface area contributed by atoms with Gasteiger partial charge in [-0.15, -0.1) is 10.2 Å². The molecule has 0 aliphatic heterocycles. The van der Waals surface area contributed by atoms with E-state index in [1.807, 2.05) is 43.3 Å². The lowest BCUT2D eigenvalue weighted by atomic mass is 10.2. The fraction of sp³-hybridized carbons (Fsp3) is 0.235. The molecule has 3 rings (SSSR count). The molecule has 0 aliphatic rings. The summed E-state index contributed by atoms with van der Waals surface area (Å²) in [5.41, 5.74) is 0.839. The molecule has 3 aromatic rings. The summed E-state index contributed by atoms with van der Waals surface area (Å²) in [7, 11) is 1.74. The minimum Gasteiger partial charge on any atom is -0.464 e. The molecule has 0 atom stereocenters. The third kappa shape index (κ3) is 4.10. The second-order valence-electron chi connectivity index (χ2n) is 5.71. The van der Waals surface area contributed by atoms with Crippen molar-refractivity contribution < 1.29 is 9.21 Å². The number of rotatable bonds is 6. The normalized spacial score (nSPS) is 10.9. The molecule has 136 valence electrons. The topological polar surface area (TPSA) is 90.2 Å². The summed E-state index contributed by atoms with van der Waals surface area (Å²) in [6.45, 7) is 2.29. The minimum atomic E-state index is -0.0468. The van der Waals surface area contributed by atoms with Gasteiger partial charge in [0.25, 0.3) is 0 Å². The van der Waals surface area contributed by atoms with E-state index in [0.717, 1.165) is 21.6 Å². The maximum atomic E-state index is 12.3. The van der Waals surface area contributed by atoms with E-state index < -0.39 is 0 Å². The van der Waals surface area contributed by atoms with Gasteiger partial charge >= 0.3 is 0 Å². The maximum Gasteiger partial charge on any atom is 0.233 e. The van der Waals surface area contributed by atoms with E-state index in [1.54, 1.807) is 11.9 Å². The standard InChI is InChI=1S/C17H18BrN5O2S/c1-11-7-8-12(25-11)9-22(2)15(24)10-26-17-21-20-16(23(17)19)13-5-3-4-6-14(13)18/h3-8H,9-10,19H2,1-2H3. The molecule has 0 bridgehead atoms. The average Bonchev–Trinajstić information content (AvgIpc) is 3.19. The number of furan rings is 1. The molecule has 1 amide bonds. The first-order valence-electron chi connectivity index (χ1n) is 7.83. The molecule has 2 heterocycles. The Morgan fingerprint density at radius 2 is 2.08 bits per heavy atom. The quantitative estimate of drug-likeness (QED) is 0.472. The Balaban J connectivity index is 1.63. The number of nitrogens with zero attached hydrogens (tertiary/aromatic N) is 4. The second kappa shape index (κ2) is 7.96. The Bertz CT molecular complexity index is 924. The molecule has 26 heavy (non-hydrogen) atoms. The highest BCUT2D eigenvalue weighted by molar-refractivity contribution is 9.10. The van der Waals surface area contributed by atoms with Crippen molar-refractivity contribution in [3.63, 3.8) is 0 Å². The van der Waals surface area contributed by atoms with Crippen molar-refractivity contribution in [3.05, 3.63) is 52.4 Å². The summed E-state index contributed by atoms with van der Waals surface area (Å²) in [6, 6.07) is 11.4. The van der Waals surface area contributed by atoms with Gasteiger partial charge in [0.15, 0.2) is 5.82 Å². The van der Waals surface area contributed by atoms with Crippen LogP contribution >= 0.6 is 27.7 Å². The molecule has 2 N–H and O–H groups in total. The number of aromatic nitrogens is 3. The fourth-order valence-electron chi connectivity index (χ4n) is 2.33. The smallest absolute Gasteiger partial charge is 0.233 e. The van der Waals surface area contributed by atoms with Gasteiger partial charge in [-0.2, -0.15) is 0 Å². The van der Waals surface area contributed by atoms with Crippen LogP contribution in [-0.2, 0) is 11.3 Å². The van der Waals surface area contributed by atoms with Crippen LogP contribution in [0.2, 0.25) is 0 Å². The number of halogens is 1. The molecule has 0 aliphatic carbocycles. The number of aryl methyl sites for hydroxylation is 1. The Morgan fingerprint density at radius 1 is 1.31 bits per heavy atom. The SMILES string of the molecule is Cc1ccc(CN(C)C(=O)CSc2nnc(-c3ccccc3Br)n2N)o1. The maximum absolute atomic E-state index is 12.3. The van der Waals surface area contributed by atoms with Crippen LogP contribution in [0.3, 0.4) is 0 Å². The summed E-state index contributed by atoms with van der Waals surface area (Å²) in [5, 5.41) is 8.71. The van der Waals surface area contributed by atoms with Gasteiger partial charge in [0, 0.05) is 17.1 Å². The number of nitrogen functional groups attached to an aromatic ring is 1. The molecule has 0 spiro atoms. The monoisotopic (exact) mass is 435 g/mol. The summed E-state index contributed by atoms with van der Waals surface area (Å²) in [4.78, 5) is 13.9. The number of carbonyl (C=O) groups is 1. The molecule has 9 heteroatoms. The summed E-state index contributed by atoms with van der Waals surface area (Å²) in [6.07, 6.45) is 0. The van der Waals surface area contributed by atoms with Gasteiger partial charge in [-0.3, -0.25) is 4.79 Å². The van der Waals surface area contributed by atoms with Crippen LogP contribution in [0.5, 0.6) is 0 Å². The molecule has 0 saturated carbocycles. The zero-order valence-corrected chi connectivity index (χ0v) is 16.7. The van der Waals surface area contributed by atoms with Crippen LogP contribution in [0.4, 0.5) is 0 Å². The molecular formula is C17H18BrN5O2S. The Hall–Kier alpha value is -2.26. The number of hydrogen-bond donors (Lipinski definition) is 1. The molecule has 0 saturated heterocycles. The van der Waals surface area contributed by atoms with Crippen molar-refractivity contribution in [3.8, 4) is 11.4 Å². The molecule has 2 aromatic heterocycles. The van der Waals surface area contributed by atoms with Crippen LogP contribution < -0.4 is 5.84 Å². The third-order valence-electron chi connectivity index (χ3n) is 3.72. The van der Waals surface area contributed by atoms with Crippen LogP contribution in [0.1, 0.15) is 11.5 Å². The Labute approximate surface area is 163 Å². The lowest BCUT2D eigenvalue weighted by Gasteiger charge is -2.15. The summed E-state index contributed by atoms with van der Waals surface area (Å²) < 4.78 is 7.77. The number of thioether (sulfide) groups is 1. The number of nitrogens with two attached hydrogens (primary N) is 1. The van der Waals surface area contributed by atoms with Crippen molar-refractivity contribution in [2.45, 2.75) is 18.6 Å². The van der Waals surface area contributed by atoms with Crippen LogP contribution in [-0.4, -0.2) is 38.5 Å². The van der Waals surface area contributed by atoms with Gasteiger partial charge < -0.3 is 15.2 Å². The van der Waals surface area contributed by atoms with Crippen molar-refractivity contribution in [1.29, 1.82) is 0 Å². The molecule has 1 aromatic carbocycles. The number of amides is 1. The molecule has 0 radical (unpaired) electrons. The van der Waals surface area contributed by atoms with Gasteiger partial charge in [-0.05, 0) is 31.2 Å². The van der Waals surface area contributed by atoms with Crippen molar-refractivity contribution >= 4 is 33.6 Å². The van der Waals surface area contributed by atoms with Gasteiger partial charge in [-0.25, -0.2) is 4.68 Å². The number of carbonyl (C=O) groups excluding carboxylic acids is 1. The number of hydrogen-bond acceptors (Lipinski definition) is 6. The van der Waals surface area contributed by atoms with Gasteiger partial charge in [0.1, 0.15) is 11.5 Å². The predicted molar refractivity (Wildman–Crippen MR) is 104 cm³/mol. The molecule has 7 nitrogen and oxygen atoms in total. The molecule has 0 fully saturated rings. The van der Waals surface area contributed by atoms with E-state index in [1.165, 1.54) is 16.4 Å². The largest absolute Gasteiger partial charge is 0.464 e. The molecular weight excluding hydrogens is 418 g/mol. The minimum absolute atomic E-state index is 0.0468. The van der Waals surface area contributed by atoms with E-state index in [2.05, 4.69) is 26.1 Å². The lowest BCUT2D eigenvalue weighted by Crippen LogP contribution is -2.27. The fourth-order valence-corrected chi connectivity index (χ4v) is 3.59. The Morgan fingerprint density at radius 3 is 2.77 bits per heavy atom. The van der Waals surface area contributed by atoms with E-state index in [0.29, 0.717) is 17.5 Å². The zero-order valence-electron chi connectivity index (χ0n) is 14.3. The van der Waals surface area contributed by atoms with Gasteiger partial charge in [-0.1, -0.05) is 39.8 Å². The van der Waals surface area contributed by atoms with Crippen LogP contribution in [0, 0.1) is 6.92 Å². The van der Waals surface area contributed by atoms with Crippen molar-refractivity contribution in [2.24, 2.45) is 0 Å². The van der Waals surface area contributed by atoms with Gasteiger partial charge in [0.05, 0.1) is 12.3 Å². The first-order valence-corrected chi connectivity index (χ1v) is 9.61.